The van der Waals surface area contributed by atoms with E-state index in [1.54, 1.807) is 0 Å². The largest absolute Gasteiger partial charge is 0.362 e. The first-order valence-corrected chi connectivity index (χ1v) is 11.0. The van der Waals surface area contributed by atoms with E-state index in [0.29, 0.717) is 18.2 Å². The number of amides is 1. The predicted molar refractivity (Wildman–Crippen MR) is 131 cm³/mol. The molecular weight excluding hydrogens is 406 g/mol. The predicted octanol–water partition coefficient (Wildman–Crippen LogP) is 4.18. The van der Waals surface area contributed by atoms with Crippen LogP contribution in [-0.2, 0) is 17.8 Å². The number of para-hydroxylation sites is 1. The van der Waals surface area contributed by atoms with Crippen LogP contribution in [0.25, 0.3) is 21.8 Å². The third kappa shape index (κ3) is 5.06. The summed E-state index contributed by atoms with van der Waals surface area (Å²) in [6.07, 6.45) is 5.80. The summed E-state index contributed by atoms with van der Waals surface area (Å²) in [7, 11) is 0. The molecule has 0 spiro atoms. The summed E-state index contributed by atoms with van der Waals surface area (Å²) in [5.74, 6) is 0.0205. The van der Waals surface area contributed by atoms with E-state index in [-0.39, 0.29) is 5.91 Å². The van der Waals surface area contributed by atoms with E-state index >= 15 is 0 Å². The number of fused-ring (bicyclic) bond motifs is 2. The van der Waals surface area contributed by atoms with Gasteiger partial charge in [-0.3, -0.25) is 4.79 Å². The van der Waals surface area contributed by atoms with E-state index in [0.717, 1.165) is 41.5 Å². The molecule has 2 aromatic heterocycles. The number of rotatable bonds is 8. The lowest BCUT2D eigenvalue weighted by Crippen LogP contribution is -2.30. The Kier molecular flexibility index (Phi) is 6.52. The third-order valence-electron chi connectivity index (χ3n) is 5.27. The quantitative estimate of drug-likeness (QED) is 0.315. The van der Waals surface area contributed by atoms with Gasteiger partial charge in [-0.15, -0.1) is 0 Å². The Labute approximate surface area is 187 Å². The highest BCUT2D eigenvalue weighted by atomic mass is 32.1. The van der Waals surface area contributed by atoms with Crippen LogP contribution in [0.15, 0.2) is 60.9 Å². The van der Waals surface area contributed by atoms with Gasteiger partial charge in [0.2, 0.25) is 5.91 Å². The fourth-order valence-corrected chi connectivity index (χ4v) is 3.92. The number of aromatic nitrogens is 2. The Hall–Kier alpha value is -3.32. The minimum absolute atomic E-state index is 0.0205. The molecule has 7 heteroatoms. The van der Waals surface area contributed by atoms with Crippen molar-refractivity contribution < 1.29 is 4.79 Å². The molecule has 1 amide bonds. The minimum Gasteiger partial charge on any atom is -0.362 e. The maximum absolute atomic E-state index is 12.1. The Balaban J connectivity index is 1.34. The zero-order valence-corrected chi connectivity index (χ0v) is 18.4. The molecule has 4 aromatic rings. The molecular formula is C24H27N5OS. The molecule has 0 aliphatic rings. The van der Waals surface area contributed by atoms with E-state index < -0.39 is 0 Å². The molecule has 0 aliphatic heterocycles. The molecule has 0 atom stereocenters. The molecule has 31 heavy (non-hydrogen) atoms. The van der Waals surface area contributed by atoms with E-state index in [2.05, 4.69) is 45.3 Å². The van der Waals surface area contributed by atoms with E-state index in [1.807, 2.05) is 48.0 Å². The summed E-state index contributed by atoms with van der Waals surface area (Å²) in [6.45, 7) is 3.79. The number of carbonyl (C=O) groups is 1. The van der Waals surface area contributed by atoms with Crippen LogP contribution in [0.5, 0.6) is 0 Å². The Morgan fingerprint density at radius 2 is 1.97 bits per heavy atom. The molecule has 2 heterocycles. The summed E-state index contributed by atoms with van der Waals surface area (Å²) >= 11 is 5.48. The Bertz CT molecular complexity index is 1210. The molecule has 0 aliphatic carbocycles. The smallest absolute Gasteiger partial charge is 0.239 e. The zero-order valence-electron chi connectivity index (χ0n) is 17.6. The highest BCUT2D eigenvalue weighted by molar-refractivity contribution is 7.80. The van der Waals surface area contributed by atoms with Crippen molar-refractivity contribution in [1.29, 1.82) is 0 Å². The number of thiocarbonyl (C=S) groups is 1. The third-order valence-corrected chi connectivity index (χ3v) is 5.52. The fourth-order valence-electron chi connectivity index (χ4n) is 3.70. The number of anilines is 1. The topological polar surface area (TPSA) is 73.9 Å². The molecule has 0 unspecified atom stereocenters. The number of H-pyrrole nitrogens is 1. The summed E-state index contributed by atoms with van der Waals surface area (Å²) < 4.78 is 1.96. The van der Waals surface area contributed by atoms with Crippen LogP contribution >= 0.6 is 12.2 Å². The van der Waals surface area contributed by atoms with Crippen LogP contribution in [0.4, 0.5) is 5.69 Å². The maximum atomic E-state index is 12.1. The van der Waals surface area contributed by atoms with Gasteiger partial charge >= 0.3 is 0 Å². The summed E-state index contributed by atoms with van der Waals surface area (Å²) in [6, 6.07) is 16.4. The Morgan fingerprint density at radius 3 is 2.84 bits per heavy atom. The normalized spacial score (nSPS) is 11.0. The zero-order chi connectivity index (χ0) is 21.6. The maximum Gasteiger partial charge on any atom is 0.239 e. The average molecular weight is 434 g/mol. The van der Waals surface area contributed by atoms with Crippen molar-refractivity contribution >= 4 is 50.7 Å². The van der Waals surface area contributed by atoms with Gasteiger partial charge in [0.25, 0.3) is 0 Å². The first-order chi connectivity index (χ1) is 15.1. The van der Waals surface area contributed by atoms with Crippen LogP contribution in [-0.4, -0.2) is 33.7 Å². The number of carbonyl (C=O) groups excluding carboxylic acids is 1. The van der Waals surface area contributed by atoms with Crippen molar-refractivity contribution in [3.63, 3.8) is 0 Å². The number of nitrogens with zero attached hydrogens (tertiary/aromatic N) is 1. The van der Waals surface area contributed by atoms with Crippen LogP contribution in [0.2, 0.25) is 0 Å². The van der Waals surface area contributed by atoms with Crippen molar-refractivity contribution in [2.75, 3.05) is 18.4 Å². The lowest BCUT2D eigenvalue weighted by molar-refractivity contribution is -0.121. The second kappa shape index (κ2) is 9.66. The van der Waals surface area contributed by atoms with Gasteiger partial charge in [0, 0.05) is 42.1 Å². The van der Waals surface area contributed by atoms with Crippen LogP contribution < -0.4 is 16.0 Å². The molecule has 6 nitrogen and oxygen atoms in total. The molecule has 0 fully saturated rings. The van der Waals surface area contributed by atoms with Crippen molar-refractivity contribution in [2.45, 2.75) is 26.3 Å². The highest BCUT2D eigenvalue weighted by Gasteiger charge is 2.08. The van der Waals surface area contributed by atoms with Crippen LogP contribution in [0, 0.1) is 0 Å². The molecule has 0 radical (unpaired) electrons. The van der Waals surface area contributed by atoms with E-state index in [1.165, 1.54) is 10.9 Å². The Morgan fingerprint density at radius 1 is 1.10 bits per heavy atom. The van der Waals surface area contributed by atoms with Crippen molar-refractivity contribution in [2.24, 2.45) is 0 Å². The second-order valence-corrected chi connectivity index (χ2v) is 7.97. The fraction of sp³-hybridized carbons (Fsp3) is 0.250. The lowest BCUT2D eigenvalue weighted by atomic mass is 10.1. The van der Waals surface area contributed by atoms with Gasteiger partial charge in [0.15, 0.2) is 5.11 Å². The lowest BCUT2D eigenvalue weighted by Gasteiger charge is -2.12. The van der Waals surface area contributed by atoms with Gasteiger partial charge in [-0.05, 0) is 60.3 Å². The van der Waals surface area contributed by atoms with Crippen LogP contribution in [0.3, 0.4) is 0 Å². The van der Waals surface area contributed by atoms with Gasteiger partial charge in [-0.1, -0.05) is 31.2 Å². The monoisotopic (exact) mass is 433 g/mol. The summed E-state index contributed by atoms with van der Waals surface area (Å²) in [5, 5.41) is 12.4. The molecule has 4 rings (SSSR count). The standard InChI is InChI=1S/C24H27N5OS/c1-2-11-25-23(30)16-29-13-10-17-7-8-19(14-22(17)29)28-24(31)26-12-9-18-15-27-21-6-4-3-5-20(18)21/h3-8,10,13-15,27H,2,9,11-12,16H2,1H3,(H,25,30)(H2,26,28,31). The van der Waals surface area contributed by atoms with Gasteiger partial charge < -0.3 is 25.5 Å². The highest BCUT2D eigenvalue weighted by Crippen LogP contribution is 2.21. The summed E-state index contributed by atoms with van der Waals surface area (Å²) in [5.41, 5.74) is 4.31. The van der Waals surface area contributed by atoms with Gasteiger partial charge in [0.1, 0.15) is 6.54 Å². The number of nitrogens with one attached hydrogen (secondary N) is 4. The number of benzene rings is 2. The number of aromatic amines is 1. The van der Waals surface area contributed by atoms with Crippen LogP contribution in [0.1, 0.15) is 18.9 Å². The van der Waals surface area contributed by atoms with Gasteiger partial charge in [0.05, 0.1) is 5.52 Å². The number of hydrogen-bond donors (Lipinski definition) is 4. The van der Waals surface area contributed by atoms with Crippen molar-refractivity contribution in [3.8, 4) is 0 Å². The van der Waals surface area contributed by atoms with Crippen molar-refractivity contribution in [3.05, 3.63) is 66.5 Å². The van der Waals surface area contributed by atoms with Gasteiger partial charge in [-0.25, -0.2) is 0 Å². The molecule has 0 saturated carbocycles. The molecule has 2 aromatic carbocycles. The first-order valence-electron chi connectivity index (χ1n) is 10.6. The van der Waals surface area contributed by atoms with E-state index in [9.17, 15) is 4.79 Å². The van der Waals surface area contributed by atoms with E-state index in [4.69, 9.17) is 12.2 Å². The molecule has 0 bridgehead atoms. The molecule has 160 valence electrons. The SMILES string of the molecule is CCCNC(=O)Cn1ccc2ccc(NC(=S)NCCc3c[nH]c4ccccc34)cc21. The number of hydrogen-bond acceptors (Lipinski definition) is 2. The molecule has 4 N–H and O–H groups in total. The summed E-state index contributed by atoms with van der Waals surface area (Å²) in [4.78, 5) is 15.4. The minimum atomic E-state index is 0.0205. The second-order valence-electron chi connectivity index (χ2n) is 7.56. The molecule has 0 saturated heterocycles. The first kappa shape index (κ1) is 20.9. The van der Waals surface area contributed by atoms with Gasteiger partial charge in [-0.2, -0.15) is 0 Å². The van der Waals surface area contributed by atoms with Crippen molar-refractivity contribution in [1.82, 2.24) is 20.2 Å². The average Bonchev–Trinajstić information content (AvgIpc) is 3.36.